The zero-order valence-electron chi connectivity index (χ0n) is 15.5. The average molecular weight is 391 g/mol. The second kappa shape index (κ2) is 7.24. The molecular weight excluding hydrogens is 364 g/mol. The monoisotopic (exact) mass is 390 g/mol. The number of nitrogens with one attached hydrogen (secondary N) is 2. The van der Waals surface area contributed by atoms with Gasteiger partial charge in [0.15, 0.2) is 0 Å². The molecule has 0 aliphatic heterocycles. The van der Waals surface area contributed by atoms with E-state index in [-0.39, 0.29) is 17.8 Å². The Balaban J connectivity index is 1.57. The Morgan fingerprint density at radius 3 is 2.63 bits per heavy atom. The van der Waals surface area contributed by atoms with E-state index in [9.17, 15) is 13.2 Å². The zero-order valence-corrected chi connectivity index (χ0v) is 16.3. The van der Waals surface area contributed by atoms with Crippen molar-refractivity contribution >= 4 is 33.3 Å². The summed E-state index contributed by atoms with van der Waals surface area (Å²) in [5.41, 5.74) is 2.02. The lowest BCUT2D eigenvalue weighted by Gasteiger charge is -2.30. The molecule has 7 nitrogen and oxygen atoms in total. The summed E-state index contributed by atoms with van der Waals surface area (Å²) in [6.45, 7) is 1.66. The molecular formula is C19H26N4O3S. The summed E-state index contributed by atoms with van der Waals surface area (Å²) in [5.74, 6) is 1.18. The van der Waals surface area contributed by atoms with E-state index >= 15 is 0 Å². The molecule has 2 saturated carbocycles. The normalized spacial score (nSPS) is 23.4. The summed E-state index contributed by atoms with van der Waals surface area (Å²) >= 11 is 0. The summed E-state index contributed by atoms with van der Waals surface area (Å²) in [7, 11) is -3.16. The van der Waals surface area contributed by atoms with E-state index in [4.69, 9.17) is 0 Å². The van der Waals surface area contributed by atoms with Gasteiger partial charge in [-0.25, -0.2) is 18.1 Å². The van der Waals surface area contributed by atoms with Gasteiger partial charge in [-0.2, -0.15) is 0 Å². The number of nitrogens with zero attached hydrogens (tertiary/aromatic N) is 2. The van der Waals surface area contributed by atoms with Gasteiger partial charge in [-0.3, -0.25) is 9.69 Å². The predicted molar refractivity (Wildman–Crippen MR) is 105 cm³/mol. The van der Waals surface area contributed by atoms with E-state index in [1.165, 1.54) is 5.56 Å². The van der Waals surface area contributed by atoms with Gasteiger partial charge in [0.1, 0.15) is 11.5 Å². The highest BCUT2D eigenvalue weighted by molar-refractivity contribution is 7.89. The molecule has 1 amide bonds. The van der Waals surface area contributed by atoms with Crippen molar-refractivity contribution in [3.63, 3.8) is 0 Å². The van der Waals surface area contributed by atoms with Crippen LogP contribution < -0.4 is 9.62 Å². The Bertz CT molecular complexity index is 928. The van der Waals surface area contributed by atoms with E-state index in [0.717, 1.165) is 56.0 Å². The molecule has 2 fully saturated rings. The minimum atomic E-state index is -3.16. The first-order valence-electron chi connectivity index (χ1n) is 9.72. The van der Waals surface area contributed by atoms with Gasteiger partial charge in [-0.15, -0.1) is 0 Å². The SMILES string of the molecule is CCS(=O)(=O)NC1CCC(c2cc(N(C=O)C3CC3)nc3[nH]ccc23)CC1. The molecule has 0 unspecified atom stereocenters. The molecule has 0 atom stereocenters. The molecule has 4 rings (SSSR count). The van der Waals surface area contributed by atoms with E-state index in [2.05, 4.69) is 20.8 Å². The number of amides is 1. The smallest absolute Gasteiger partial charge is 0.215 e. The fraction of sp³-hybridized carbons (Fsp3) is 0.579. The van der Waals surface area contributed by atoms with Crippen molar-refractivity contribution in [2.24, 2.45) is 0 Å². The molecule has 8 heteroatoms. The third-order valence-electron chi connectivity index (χ3n) is 5.76. The molecule has 2 aliphatic carbocycles. The van der Waals surface area contributed by atoms with E-state index < -0.39 is 10.0 Å². The van der Waals surface area contributed by atoms with Crippen LogP contribution in [0, 0.1) is 0 Å². The topological polar surface area (TPSA) is 95.2 Å². The van der Waals surface area contributed by atoms with Crippen LogP contribution in [0.2, 0.25) is 0 Å². The lowest BCUT2D eigenvalue weighted by Crippen LogP contribution is -2.38. The minimum absolute atomic E-state index is 0.0205. The number of H-pyrrole nitrogens is 1. The number of aromatic nitrogens is 2. The van der Waals surface area contributed by atoms with E-state index in [0.29, 0.717) is 11.7 Å². The van der Waals surface area contributed by atoms with Crippen LogP contribution >= 0.6 is 0 Å². The Morgan fingerprint density at radius 2 is 2.00 bits per heavy atom. The van der Waals surface area contributed by atoms with Crippen LogP contribution in [-0.4, -0.2) is 42.6 Å². The molecule has 2 aliphatic rings. The lowest BCUT2D eigenvalue weighted by molar-refractivity contribution is -0.107. The fourth-order valence-corrected chi connectivity index (χ4v) is 4.97. The van der Waals surface area contributed by atoms with Gasteiger partial charge in [0.25, 0.3) is 0 Å². The van der Waals surface area contributed by atoms with Gasteiger partial charge in [0, 0.05) is 23.7 Å². The maximum atomic E-state index is 11.8. The molecule has 0 aromatic carbocycles. The number of aromatic amines is 1. The van der Waals surface area contributed by atoms with Crippen molar-refractivity contribution in [2.75, 3.05) is 10.7 Å². The van der Waals surface area contributed by atoms with Crippen molar-refractivity contribution in [1.29, 1.82) is 0 Å². The quantitative estimate of drug-likeness (QED) is 0.711. The summed E-state index contributed by atoms with van der Waals surface area (Å²) in [5, 5.41) is 1.10. The van der Waals surface area contributed by atoms with Crippen LogP contribution in [-0.2, 0) is 14.8 Å². The number of anilines is 1. The highest BCUT2D eigenvalue weighted by Gasteiger charge is 2.32. The van der Waals surface area contributed by atoms with Gasteiger partial charge in [-0.05, 0) is 69.1 Å². The second-order valence-electron chi connectivity index (χ2n) is 7.62. The first-order chi connectivity index (χ1) is 13.0. The standard InChI is InChI=1S/C19H26N4O3S/c1-2-27(25,26)22-14-5-3-13(4-6-14)17-11-18(23(12-24)15-7-8-15)21-19-16(17)9-10-20-19/h9-15,22H,2-8H2,1H3,(H,20,21). The number of hydrogen-bond donors (Lipinski definition) is 2. The van der Waals surface area contributed by atoms with Gasteiger partial charge in [0.05, 0.1) is 5.75 Å². The number of carbonyl (C=O) groups is 1. The van der Waals surface area contributed by atoms with Gasteiger partial charge >= 0.3 is 0 Å². The first kappa shape index (κ1) is 18.4. The van der Waals surface area contributed by atoms with Gasteiger partial charge in [0.2, 0.25) is 16.4 Å². The van der Waals surface area contributed by atoms with Crippen molar-refractivity contribution < 1.29 is 13.2 Å². The van der Waals surface area contributed by atoms with Gasteiger partial charge < -0.3 is 4.98 Å². The Kier molecular flexibility index (Phi) is 4.94. The van der Waals surface area contributed by atoms with Crippen LogP contribution in [0.25, 0.3) is 11.0 Å². The van der Waals surface area contributed by atoms with Crippen LogP contribution in [0.3, 0.4) is 0 Å². The molecule has 0 bridgehead atoms. The number of carbonyl (C=O) groups excluding carboxylic acids is 1. The highest BCUT2D eigenvalue weighted by Crippen LogP contribution is 2.39. The fourth-order valence-electron chi connectivity index (χ4n) is 4.06. The number of sulfonamides is 1. The lowest BCUT2D eigenvalue weighted by atomic mass is 9.81. The van der Waals surface area contributed by atoms with E-state index in [1.807, 2.05) is 12.3 Å². The summed E-state index contributed by atoms with van der Waals surface area (Å²) < 4.78 is 26.4. The number of rotatable bonds is 7. The molecule has 0 spiro atoms. The number of fused-ring (bicyclic) bond motifs is 1. The third kappa shape index (κ3) is 3.87. The van der Waals surface area contributed by atoms with Crippen molar-refractivity contribution in [3.8, 4) is 0 Å². The largest absolute Gasteiger partial charge is 0.346 e. The Labute approximate surface area is 159 Å². The third-order valence-corrected chi connectivity index (χ3v) is 7.21. The number of hydrogen-bond acceptors (Lipinski definition) is 4. The van der Waals surface area contributed by atoms with Crippen LogP contribution in [0.1, 0.15) is 56.9 Å². The van der Waals surface area contributed by atoms with Crippen molar-refractivity contribution in [3.05, 3.63) is 23.9 Å². The first-order valence-corrected chi connectivity index (χ1v) is 11.4. The molecule has 2 heterocycles. The molecule has 2 N–H and O–H groups in total. The molecule has 2 aromatic rings. The summed E-state index contributed by atoms with van der Waals surface area (Å²) in [6, 6.07) is 4.39. The maximum absolute atomic E-state index is 11.8. The van der Waals surface area contributed by atoms with Crippen LogP contribution in [0.5, 0.6) is 0 Å². The molecule has 0 radical (unpaired) electrons. The van der Waals surface area contributed by atoms with Crippen LogP contribution in [0.15, 0.2) is 18.3 Å². The van der Waals surface area contributed by atoms with E-state index in [1.54, 1.807) is 11.8 Å². The second-order valence-corrected chi connectivity index (χ2v) is 9.67. The van der Waals surface area contributed by atoms with Crippen molar-refractivity contribution in [2.45, 2.75) is 63.5 Å². The zero-order chi connectivity index (χ0) is 19.0. The molecule has 0 saturated heterocycles. The molecule has 2 aromatic heterocycles. The average Bonchev–Trinajstić information content (AvgIpc) is 3.38. The highest BCUT2D eigenvalue weighted by atomic mass is 32.2. The van der Waals surface area contributed by atoms with Crippen LogP contribution in [0.4, 0.5) is 5.82 Å². The molecule has 27 heavy (non-hydrogen) atoms. The number of pyridine rings is 1. The summed E-state index contributed by atoms with van der Waals surface area (Å²) in [6.07, 6.45) is 8.32. The van der Waals surface area contributed by atoms with Crippen molar-refractivity contribution in [1.82, 2.24) is 14.7 Å². The predicted octanol–water partition coefficient (Wildman–Crippen LogP) is 2.65. The Hall–Kier alpha value is -1.93. The van der Waals surface area contributed by atoms with Gasteiger partial charge in [-0.1, -0.05) is 0 Å². The minimum Gasteiger partial charge on any atom is -0.346 e. The molecule has 146 valence electrons. The Morgan fingerprint density at radius 1 is 1.26 bits per heavy atom. The summed E-state index contributed by atoms with van der Waals surface area (Å²) in [4.78, 5) is 21.1. The maximum Gasteiger partial charge on any atom is 0.215 e.